The fraction of sp³-hybridized carbons (Fsp3) is 0.474. The van der Waals surface area contributed by atoms with E-state index in [1.165, 1.54) is 11.8 Å². The van der Waals surface area contributed by atoms with Crippen LogP contribution in [0.15, 0.2) is 40.2 Å². The number of aliphatic carboxylic acids is 2. The molecule has 0 bridgehead atoms. The van der Waals surface area contributed by atoms with Gasteiger partial charge in [-0.15, -0.1) is 4.99 Å². The Hall–Kier alpha value is -2.42. The van der Waals surface area contributed by atoms with Gasteiger partial charge >= 0.3 is 11.9 Å². The molecule has 0 aliphatic heterocycles. The Balaban J connectivity index is 0.00000122. The van der Waals surface area contributed by atoms with Gasteiger partial charge in [0.05, 0.1) is 10.8 Å². The van der Waals surface area contributed by atoms with E-state index in [4.69, 9.17) is 25.1 Å². The van der Waals surface area contributed by atoms with E-state index in [2.05, 4.69) is 28.6 Å². The topological polar surface area (TPSA) is 134 Å². The SMILES string of the molecule is CCN(CC)CCN(CCS(=O)c1ccccc1)C(=NC#N)SC.O=C(O)C(=O)O. The van der Waals surface area contributed by atoms with Crippen molar-refractivity contribution < 1.29 is 24.0 Å². The minimum atomic E-state index is -1.82. The Morgan fingerprint density at radius 3 is 2.10 bits per heavy atom. The zero-order chi connectivity index (χ0) is 22.9. The van der Waals surface area contributed by atoms with E-state index >= 15 is 0 Å². The summed E-state index contributed by atoms with van der Waals surface area (Å²) in [6.07, 6.45) is 3.78. The van der Waals surface area contributed by atoms with Gasteiger partial charge in [-0.1, -0.05) is 43.8 Å². The van der Waals surface area contributed by atoms with Crippen molar-refractivity contribution in [2.75, 3.05) is 44.7 Å². The highest BCUT2D eigenvalue weighted by Crippen LogP contribution is 2.09. The van der Waals surface area contributed by atoms with Gasteiger partial charge in [0, 0.05) is 30.3 Å². The number of hydrogen-bond acceptors (Lipinski definition) is 7. The number of carboxylic acid groups (broad SMARTS) is 2. The van der Waals surface area contributed by atoms with Crippen LogP contribution in [0.3, 0.4) is 0 Å². The summed E-state index contributed by atoms with van der Waals surface area (Å²) in [5, 5.41) is 24.4. The van der Waals surface area contributed by atoms with Crippen molar-refractivity contribution in [3.8, 4) is 6.19 Å². The molecular weight excluding hydrogens is 428 g/mol. The first-order valence-corrected chi connectivity index (χ1v) is 11.7. The highest BCUT2D eigenvalue weighted by Gasteiger charge is 2.14. The number of carbonyl (C=O) groups is 2. The number of carboxylic acids is 2. The minimum Gasteiger partial charge on any atom is -0.473 e. The largest absolute Gasteiger partial charge is 0.473 e. The number of benzene rings is 1. The molecule has 2 N–H and O–H groups in total. The van der Waals surface area contributed by atoms with Crippen LogP contribution in [-0.4, -0.2) is 86.1 Å². The molecule has 11 heteroatoms. The van der Waals surface area contributed by atoms with Crippen LogP contribution < -0.4 is 0 Å². The number of aliphatic imine (C=N–C) groups is 1. The van der Waals surface area contributed by atoms with Gasteiger partial charge in [0.2, 0.25) is 6.19 Å². The van der Waals surface area contributed by atoms with Crippen LogP contribution in [0.25, 0.3) is 0 Å². The van der Waals surface area contributed by atoms with Gasteiger partial charge in [-0.05, 0) is 31.5 Å². The molecule has 1 unspecified atom stereocenters. The van der Waals surface area contributed by atoms with E-state index in [1.807, 2.05) is 42.8 Å². The van der Waals surface area contributed by atoms with Crippen LogP contribution in [0.2, 0.25) is 0 Å². The standard InChI is InChI=1S/C17H26N4OS2.C2H2O4/c1-4-20(5-2)11-12-21(17(23-3)19-15-18)13-14-24(22)16-9-7-6-8-10-16;3-1(4)2(5)6/h6-10H,4-5,11-14H2,1-3H3;(H,3,4)(H,5,6). The molecular formula is C19H28N4O5S2. The molecule has 0 amide bonds. The molecule has 0 saturated carbocycles. The molecule has 1 aromatic rings. The summed E-state index contributed by atoms with van der Waals surface area (Å²) in [5.41, 5.74) is 0. The van der Waals surface area contributed by atoms with Crippen molar-refractivity contribution in [1.82, 2.24) is 9.80 Å². The molecule has 0 aliphatic carbocycles. The molecule has 0 aromatic heterocycles. The maximum atomic E-state index is 12.4. The number of nitrogens with zero attached hydrogens (tertiary/aromatic N) is 4. The summed E-state index contributed by atoms with van der Waals surface area (Å²) in [6.45, 7) is 8.54. The molecule has 0 radical (unpaired) electrons. The summed E-state index contributed by atoms with van der Waals surface area (Å²) in [6, 6.07) is 9.48. The van der Waals surface area contributed by atoms with Crippen molar-refractivity contribution in [1.29, 1.82) is 5.26 Å². The average molecular weight is 457 g/mol. The van der Waals surface area contributed by atoms with Gasteiger partial charge in [-0.25, -0.2) is 9.59 Å². The van der Waals surface area contributed by atoms with E-state index < -0.39 is 22.7 Å². The number of amidine groups is 1. The second kappa shape index (κ2) is 16.4. The molecule has 9 nitrogen and oxygen atoms in total. The van der Waals surface area contributed by atoms with Crippen LogP contribution in [0, 0.1) is 11.5 Å². The molecule has 166 valence electrons. The van der Waals surface area contributed by atoms with Crippen molar-refractivity contribution >= 4 is 39.7 Å². The fourth-order valence-corrected chi connectivity index (χ4v) is 3.93. The lowest BCUT2D eigenvalue weighted by Gasteiger charge is -2.27. The second-order valence-electron chi connectivity index (χ2n) is 5.69. The van der Waals surface area contributed by atoms with Crippen LogP contribution in [0.5, 0.6) is 0 Å². The summed E-state index contributed by atoms with van der Waals surface area (Å²) in [5.74, 6) is -3.13. The molecule has 0 spiro atoms. The molecule has 0 heterocycles. The number of thioether (sulfide) groups is 1. The number of likely N-dealkylation sites (N-methyl/N-ethyl adjacent to an activating group) is 1. The molecule has 0 aliphatic rings. The number of nitriles is 1. The second-order valence-corrected chi connectivity index (χ2v) is 8.03. The zero-order valence-corrected chi connectivity index (χ0v) is 19.0. The molecule has 0 fully saturated rings. The Morgan fingerprint density at radius 2 is 1.67 bits per heavy atom. The van der Waals surface area contributed by atoms with Crippen molar-refractivity contribution in [3.05, 3.63) is 30.3 Å². The molecule has 30 heavy (non-hydrogen) atoms. The molecule has 1 atom stereocenters. The first-order chi connectivity index (χ1) is 14.3. The lowest BCUT2D eigenvalue weighted by Crippen LogP contribution is -2.39. The summed E-state index contributed by atoms with van der Waals surface area (Å²) in [7, 11) is -1.05. The smallest absolute Gasteiger partial charge is 0.414 e. The zero-order valence-electron chi connectivity index (χ0n) is 17.4. The minimum absolute atomic E-state index is 0.521. The van der Waals surface area contributed by atoms with E-state index in [9.17, 15) is 4.21 Å². The van der Waals surface area contributed by atoms with Crippen LogP contribution in [0.4, 0.5) is 0 Å². The quantitative estimate of drug-likeness (QED) is 0.247. The number of rotatable bonds is 9. The first-order valence-electron chi connectivity index (χ1n) is 9.18. The van der Waals surface area contributed by atoms with Crippen LogP contribution in [-0.2, 0) is 20.4 Å². The predicted molar refractivity (Wildman–Crippen MR) is 119 cm³/mol. The monoisotopic (exact) mass is 456 g/mol. The highest BCUT2D eigenvalue weighted by atomic mass is 32.2. The summed E-state index contributed by atoms with van der Waals surface area (Å²) >= 11 is 1.45. The maximum Gasteiger partial charge on any atom is 0.414 e. The van der Waals surface area contributed by atoms with Gasteiger partial charge in [0.1, 0.15) is 0 Å². The van der Waals surface area contributed by atoms with E-state index in [0.717, 1.165) is 31.1 Å². The summed E-state index contributed by atoms with van der Waals surface area (Å²) < 4.78 is 12.4. The third-order valence-corrected chi connectivity index (χ3v) is 5.98. The van der Waals surface area contributed by atoms with Gasteiger partial charge in [0.15, 0.2) is 5.17 Å². The normalized spacial score (nSPS) is 11.8. The Kier molecular flexibility index (Phi) is 15.1. The van der Waals surface area contributed by atoms with Crippen molar-refractivity contribution in [2.24, 2.45) is 4.99 Å². The van der Waals surface area contributed by atoms with E-state index in [1.54, 1.807) is 0 Å². The van der Waals surface area contributed by atoms with Gasteiger partial charge in [-0.3, -0.25) is 4.21 Å². The van der Waals surface area contributed by atoms with Gasteiger partial charge in [-0.2, -0.15) is 5.26 Å². The Bertz CT molecular complexity index is 737. The van der Waals surface area contributed by atoms with Crippen molar-refractivity contribution in [3.63, 3.8) is 0 Å². The van der Waals surface area contributed by atoms with Crippen molar-refractivity contribution in [2.45, 2.75) is 18.7 Å². The number of hydrogen-bond donors (Lipinski definition) is 2. The third kappa shape index (κ3) is 11.5. The average Bonchev–Trinajstić information content (AvgIpc) is 2.75. The summed E-state index contributed by atoms with van der Waals surface area (Å²) in [4.78, 5) is 27.3. The van der Waals surface area contributed by atoms with Crippen LogP contribution >= 0.6 is 11.8 Å². The predicted octanol–water partition coefficient (Wildman–Crippen LogP) is 1.79. The fourth-order valence-electron chi connectivity index (χ4n) is 2.28. The molecule has 0 saturated heterocycles. The van der Waals surface area contributed by atoms with Gasteiger partial charge < -0.3 is 20.0 Å². The lowest BCUT2D eigenvalue weighted by molar-refractivity contribution is -0.159. The van der Waals surface area contributed by atoms with Crippen LogP contribution in [0.1, 0.15) is 13.8 Å². The lowest BCUT2D eigenvalue weighted by atomic mass is 10.4. The maximum absolute atomic E-state index is 12.4. The molecule has 1 aromatic carbocycles. The first kappa shape index (κ1) is 27.6. The highest BCUT2D eigenvalue weighted by molar-refractivity contribution is 8.13. The Labute approximate surface area is 183 Å². The van der Waals surface area contributed by atoms with E-state index in [0.29, 0.717) is 17.5 Å². The Morgan fingerprint density at radius 1 is 1.10 bits per heavy atom. The van der Waals surface area contributed by atoms with E-state index in [-0.39, 0.29) is 0 Å². The third-order valence-electron chi connectivity index (χ3n) is 3.91. The van der Waals surface area contributed by atoms with Gasteiger partial charge in [0.25, 0.3) is 0 Å². The molecule has 1 rings (SSSR count).